The number of nitrogens with one attached hydrogen (secondary N) is 1. The summed E-state index contributed by atoms with van der Waals surface area (Å²) >= 11 is 6.08. The molecule has 0 saturated heterocycles. The minimum atomic E-state index is -4.75. The van der Waals surface area contributed by atoms with Crippen molar-refractivity contribution >= 4 is 32.7 Å². The predicted octanol–water partition coefficient (Wildman–Crippen LogP) is 4.24. The fourth-order valence-corrected chi connectivity index (χ4v) is 4.58. The van der Waals surface area contributed by atoms with Gasteiger partial charge >= 0.3 is 6.18 Å². The first-order chi connectivity index (χ1) is 16.0. The number of halogens is 4. The van der Waals surface area contributed by atoms with Crippen molar-refractivity contribution in [2.24, 2.45) is 0 Å². The fourth-order valence-electron chi connectivity index (χ4n) is 3.25. The molecule has 0 bridgehead atoms. The number of hydrogen-bond donors (Lipinski definition) is 1. The van der Waals surface area contributed by atoms with Gasteiger partial charge in [0.2, 0.25) is 10.0 Å². The van der Waals surface area contributed by atoms with Crippen molar-refractivity contribution in [3.8, 4) is 23.3 Å². The maximum Gasteiger partial charge on any atom is 0.404 e. The summed E-state index contributed by atoms with van der Waals surface area (Å²) < 4.78 is 66.3. The van der Waals surface area contributed by atoms with Crippen LogP contribution in [-0.4, -0.2) is 40.2 Å². The van der Waals surface area contributed by atoms with Gasteiger partial charge in [0.15, 0.2) is 0 Å². The van der Waals surface area contributed by atoms with E-state index in [2.05, 4.69) is 21.0 Å². The number of nitrogens with zero attached hydrogens (tertiary/aromatic N) is 5. The predicted molar refractivity (Wildman–Crippen MR) is 118 cm³/mol. The number of aromatic nitrogens is 4. The third kappa shape index (κ3) is 4.33. The van der Waals surface area contributed by atoms with Crippen LogP contribution in [0.1, 0.15) is 12.5 Å². The highest BCUT2D eigenvalue weighted by Crippen LogP contribution is 2.35. The molecule has 4 rings (SSSR count). The Kier molecular flexibility index (Phi) is 6.03. The molecule has 0 unspecified atom stereocenters. The largest absolute Gasteiger partial charge is 0.404 e. The van der Waals surface area contributed by atoms with Crippen molar-refractivity contribution in [2.45, 2.75) is 24.0 Å². The highest BCUT2D eigenvalue weighted by Gasteiger charge is 2.39. The molecule has 34 heavy (non-hydrogen) atoms. The van der Waals surface area contributed by atoms with Crippen molar-refractivity contribution in [1.82, 2.24) is 24.2 Å². The van der Waals surface area contributed by atoms with Crippen molar-refractivity contribution in [2.75, 3.05) is 0 Å². The summed E-state index contributed by atoms with van der Waals surface area (Å²) in [7, 11) is -4.50. The topological polar surface area (TPSA) is 114 Å². The molecule has 0 aromatic carbocycles. The second-order valence-corrected chi connectivity index (χ2v) is 9.30. The standard InChI is InChI=1S/C21H14ClF3N6O2S/c1-12(21(23,24)25)30-34(32,33)14-5-6-17(28-11-14)19-16(9-26)15-8-13(22)10-29-20(15)31(19)18-4-2-3-7-27-18/h2-8,10-12,30H,1H3/t12-/m0/s1. The monoisotopic (exact) mass is 506 g/mol. The molecule has 0 fully saturated rings. The van der Waals surface area contributed by atoms with E-state index in [9.17, 15) is 26.9 Å². The SMILES string of the molecule is C[C@H](NS(=O)(=O)c1ccc(-c2c(C#N)c3cc(Cl)cnc3n2-c2ccccn2)nc1)C(F)(F)F. The van der Waals surface area contributed by atoms with Gasteiger partial charge in [-0.05, 0) is 37.3 Å². The lowest BCUT2D eigenvalue weighted by Gasteiger charge is -2.17. The minimum absolute atomic E-state index is 0.169. The van der Waals surface area contributed by atoms with Gasteiger partial charge in [0.05, 0.1) is 22.0 Å². The summed E-state index contributed by atoms with van der Waals surface area (Å²) in [5.74, 6) is 0.415. The molecule has 0 aliphatic carbocycles. The van der Waals surface area contributed by atoms with Gasteiger partial charge in [0.25, 0.3) is 0 Å². The molecule has 4 heterocycles. The Bertz CT molecular complexity index is 1510. The average Bonchev–Trinajstić information content (AvgIpc) is 3.12. The highest BCUT2D eigenvalue weighted by molar-refractivity contribution is 7.89. The second-order valence-electron chi connectivity index (χ2n) is 7.15. The average molecular weight is 507 g/mol. The van der Waals surface area contributed by atoms with E-state index in [4.69, 9.17) is 11.6 Å². The molecule has 0 spiro atoms. The van der Waals surface area contributed by atoms with E-state index in [1.807, 2.05) is 0 Å². The zero-order valence-electron chi connectivity index (χ0n) is 17.2. The number of hydrogen-bond acceptors (Lipinski definition) is 6. The molecule has 1 N–H and O–H groups in total. The summed E-state index contributed by atoms with van der Waals surface area (Å²) in [4.78, 5) is 12.3. The van der Waals surface area contributed by atoms with Crippen molar-refractivity contribution in [3.05, 3.63) is 65.6 Å². The fraction of sp³-hybridized carbons (Fsp3) is 0.143. The molecule has 13 heteroatoms. The van der Waals surface area contributed by atoms with Gasteiger partial charge in [-0.3, -0.25) is 9.55 Å². The molecule has 0 amide bonds. The van der Waals surface area contributed by atoms with Gasteiger partial charge in [0.1, 0.15) is 28.5 Å². The van der Waals surface area contributed by atoms with Crippen LogP contribution in [0.5, 0.6) is 0 Å². The number of sulfonamides is 1. The number of nitriles is 1. The Morgan fingerprint density at radius 2 is 1.91 bits per heavy atom. The van der Waals surface area contributed by atoms with Crippen LogP contribution < -0.4 is 4.72 Å². The second kappa shape index (κ2) is 8.68. The van der Waals surface area contributed by atoms with Crippen molar-refractivity contribution < 1.29 is 21.6 Å². The highest BCUT2D eigenvalue weighted by atomic mass is 35.5. The minimum Gasteiger partial charge on any atom is -0.275 e. The Morgan fingerprint density at radius 3 is 2.50 bits per heavy atom. The van der Waals surface area contributed by atoms with Crippen LogP contribution in [0.2, 0.25) is 5.02 Å². The maximum atomic E-state index is 12.8. The van der Waals surface area contributed by atoms with E-state index >= 15 is 0 Å². The van der Waals surface area contributed by atoms with E-state index in [-0.39, 0.29) is 17.0 Å². The quantitative estimate of drug-likeness (QED) is 0.433. The van der Waals surface area contributed by atoms with E-state index in [1.165, 1.54) is 12.3 Å². The zero-order valence-corrected chi connectivity index (χ0v) is 18.8. The molecule has 8 nitrogen and oxygen atoms in total. The molecule has 1 atom stereocenters. The van der Waals surface area contributed by atoms with E-state index in [0.29, 0.717) is 28.8 Å². The van der Waals surface area contributed by atoms with Crippen LogP contribution in [0.3, 0.4) is 0 Å². The Labute approximate surface area is 196 Å². The summed E-state index contributed by atoms with van der Waals surface area (Å²) in [6.45, 7) is 0.696. The first kappa shape index (κ1) is 23.6. The third-order valence-corrected chi connectivity index (χ3v) is 6.61. The Hall–Kier alpha value is -3.53. The molecule has 0 saturated carbocycles. The van der Waals surface area contributed by atoms with Gasteiger partial charge in [-0.2, -0.15) is 23.2 Å². The van der Waals surface area contributed by atoms with Gasteiger partial charge < -0.3 is 0 Å². The number of rotatable bonds is 5. The lowest BCUT2D eigenvalue weighted by atomic mass is 10.1. The number of alkyl halides is 3. The molecule has 0 aliphatic heterocycles. The smallest absolute Gasteiger partial charge is 0.275 e. The summed E-state index contributed by atoms with van der Waals surface area (Å²) in [6, 6.07) is 8.90. The number of fused-ring (bicyclic) bond motifs is 1. The van der Waals surface area contributed by atoms with Crippen LogP contribution in [0.25, 0.3) is 28.2 Å². The Balaban J connectivity index is 1.87. The molecule has 0 radical (unpaired) electrons. The lowest BCUT2D eigenvalue weighted by molar-refractivity contribution is -0.147. The molecule has 0 aliphatic rings. The first-order valence-electron chi connectivity index (χ1n) is 9.60. The molecule has 4 aromatic heterocycles. The van der Waals surface area contributed by atoms with E-state index < -0.39 is 27.1 Å². The van der Waals surface area contributed by atoms with E-state index in [1.54, 1.807) is 39.8 Å². The van der Waals surface area contributed by atoms with Crippen LogP contribution in [0, 0.1) is 11.3 Å². The molecular formula is C21H14ClF3N6O2S. The summed E-state index contributed by atoms with van der Waals surface area (Å²) in [5.41, 5.74) is 0.988. The van der Waals surface area contributed by atoms with Crippen LogP contribution in [0.15, 0.2) is 59.9 Å². The van der Waals surface area contributed by atoms with E-state index in [0.717, 1.165) is 12.3 Å². The van der Waals surface area contributed by atoms with Crippen LogP contribution >= 0.6 is 11.6 Å². The van der Waals surface area contributed by atoms with Gasteiger partial charge in [-0.1, -0.05) is 17.7 Å². The van der Waals surface area contributed by atoms with Crippen molar-refractivity contribution in [3.63, 3.8) is 0 Å². The first-order valence-corrected chi connectivity index (χ1v) is 11.5. The third-order valence-electron chi connectivity index (χ3n) is 4.88. The maximum absolute atomic E-state index is 12.8. The van der Waals surface area contributed by atoms with Crippen molar-refractivity contribution in [1.29, 1.82) is 5.26 Å². The molecule has 174 valence electrons. The number of pyridine rings is 3. The lowest BCUT2D eigenvalue weighted by Crippen LogP contribution is -2.42. The Morgan fingerprint density at radius 1 is 1.15 bits per heavy atom. The normalized spacial score (nSPS) is 13.1. The van der Waals surface area contributed by atoms with Gasteiger partial charge in [-0.25, -0.2) is 18.4 Å². The zero-order chi connectivity index (χ0) is 24.7. The van der Waals surface area contributed by atoms with Gasteiger partial charge in [-0.15, -0.1) is 0 Å². The van der Waals surface area contributed by atoms with Crippen LogP contribution in [0.4, 0.5) is 13.2 Å². The summed E-state index contributed by atoms with van der Waals surface area (Å²) in [5, 5.41) is 10.6. The van der Waals surface area contributed by atoms with Gasteiger partial charge in [0, 0.05) is 24.0 Å². The molecule has 4 aromatic rings. The molecular weight excluding hydrogens is 493 g/mol. The summed E-state index contributed by atoms with van der Waals surface area (Å²) in [6.07, 6.45) is -0.878. The van der Waals surface area contributed by atoms with Crippen LogP contribution in [-0.2, 0) is 10.0 Å².